The predicted octanol–water partition coefficient (Wildman–Crippen LogP) is 4.60. The Hall–Kier alpha value is -1.20. The number of aromatic nitrogens is 1. The van der Waals surface area contributed by atoms with Crippen molar-refractivity contribution < 1.29 is 4.79 Å². The molecule has 0 aliphatic carbocycles. The molecule has 2 aromatic heterocycles. The van der Waals surface area contributed by atoms with Gasteiger partial charge in [0.05, 0.1) is 10.6 Å². The van der Waals surface area contributed by atoms with Crippen LogP contribution in [0.3, 0.4) is 0 Å². The van der Waals surface area contributed by atoms with Crippen molar-refractivity contribution in [3.05, 3.63) is 33.0 Å². The van der Waals surface area contributed by atoms with Crippen LogP contribution in [0.15, 0.2) is 17.5 Å². The normalized spacial score (nSPS) is 13.9. The highest BCUT2D eigenvalue weighted by Crippen LogP contribution is 2.31. The molecule has 0 aliphatic heterocycles. The minimum absolute atomic E-state index is 0.330. The lowest BCUT2D eigenvalue weighted by Crippen LogP contribution is -2.30. The molecule has 0 aromatic carbocycles. The molecule has 2 aromatic rings. The van der Waals surface area contributed by atoms with Crippen LogP contribution in [0.1, 0.15) is 53.4 Å². The molecule has 0 radical (unpaired) electrons. The number of thiophene rings is 1. The number of rotatable bonds is 7. The van der Waals surface area contributed by atoms with Crippen molar-refractivity contribution >= 4 is 34.1 Å². The average Bonchev–Trinajstić information content (AvgIpc) is 3.14. The Balaban J connectivity index is 2.16. The van der Waals surface area contributed by atoms with Crippen molar-refractivity contribution in [1.82, 2.24) is 4.98 Å². The Kier molecular flexibility index (Phi) is 5.53. The highest BCUT2D eigenvalue weighted by Gasteiger charge is 2.20. The maximum absolute atomic E-state index is 11.3. The number of nitrogens with zero attached hydrogens (tertiary/aromatic N) is 2. The van der Waals surface area contributed by atoms with Crippen molar-refractivity contribution in [3.63, 3.8) is 0 Å². The van der Waals surface area contributed by atoms with Gasteiger partial charge < -0.3 is 4.90 Å². The number of aldehydes is 1. The van der Waals surface area contributed by atoms with E-state index < -0.39 is 0 Å². The van der Waals surface area contributed by atoms with Gasteiger partial charge >= 0.3 is 0 Å². The van der Waals surface area contributed by atoms with Crippen LogP contribution in [0.5, 0.6) is 0 Å². The van der Waals surface area contributed by atoms with E-state index in [0.29, 0.717) is 12.0 Å². The molecule has 5 heteroatoms. The van der Waals surface area contributed by atoms with Crippen LogP contribution in [0.25, 0.3) is 0 Å². The standard InChI is InChI=1S/C16H22N2OS2/c1-5-11(2)15-14(10-19)21-16(17-15)18(4)12(3)9-13-7-6-8-20-13/h6-8,10-12H,5,9H2,1-4H3. The number of hydrogen-bond donors (Lipinski definition) is 0. The van der Waals surface area contributed by atoms with Crippen LogP contribution in [-0.4, -0.2) is 24.4 Å². The molecule has 0 bridgehead atoms. The van der Waals surface area contributed by atoms with E-state index in [1.165, 1.54) is 16.2 Å². The number of hydrogen-bond acceptors (Lipinski definition) is 5. The minimum Gasteiger partial charge on any atom is -0.348 e. The van der Waals surface area contributed by atoms with E-state index in [0.717, 1.165) is 34.8 Å². The van der Waals surface area contributed by atoms with Crippen LogP contribution < -0.4 is 4.90 Å². The van der Waals surface area contributed by atoms with Crippen LogP contribution in [0.2, 0.25) is 0 Å². The topological polar surface area (TPSA) is 33.2 Å². The van der Waals surface area contributed by atoms with Crippen LogP contribution in [-0.2, 0) is 6.42 Å². The second kappa shape index (κ2) is 7.18. The van der Waals surface area contributed by atoms with E-state index in [9.17, 15) is 4.79 Å². The Labute approximate surface area is 134 Å². The first-order valence-electron chi connectivity index (χ1n) is 7.27. The number of carbonyl (C=O) groups excluding carboxylic acids is 1. The molecule has 114 valence electrons. The quantitative estimate of drug-likeness (QED) is 0.699. The van der Waals surface area contributed by atoms with Gasteiger partial charge in [0.2, 0.25) is 0 Å². The van der Waals surface area contributed by atoms with Gasteiger partial charge in [-0.25, -0.2) is 4.98 Å². The number of anilines is 1. The molecule has 2 heterocycles. The summed E-state index contributed by atoms with van der Waals surface area (Å²) in [6, 6.07) is 4.61. The van der Waals surface area contributed by atoms with Crippen LogP contribution in [0, 0.1) is 0 Å². The first-order valence-corrected chi connectivity index (χ1v) is 8.97. The summed E-state index contributed by atoms with van der Waals surface area (Å²) in [7, 11) is 2.06. The zero-order valence-electron chi connectivity index (χ0n) is 13.0. The summed E-state index contributed by atoms with van der Waals surface area (Å²) in [5.74, 6) is 0.330. The summed E-state index contributed by atoms with van der Waals surface area (Å²) >= 11 is 3.29. The van der Waals surface area contributed by atoms with Gasteiger partial charge in [-0.2, -0.15) is 0 Å². The fourth-order valence-corrected chi connectivity index (χ4v) is 4.05. The Morgan fingerprint density at radius 2 is 2.19 bits per heavy atom. The van der Waals surface area contributed by atoms with Gasteiger partial charge in [-0.05, 0) is 30.7 Å². The highest BCUT2D eigenvalue weighted by atomic mass is 32.1. The molecular weight excluding hydrogens is 300 g/mol. The van der Waals surface area contributed by atoms with Gasteiger partial charge in [0.15, 0.2) is 11.4 Å². The summed E-state index contributed by atoms with van der Waals surface area (Å²) in [6.07, 6.45) is 2.95. The third-order valence-electron chi connectivity index (χ3n) is 3.90. The second-order valence-corrected chi connectivity index (χ2v) is 7.46. The molecular formula is C16H22N2OS2. The first-order chi connectivity index (χ1) is 10.1. The number of carbonyl (C=O) groups is 1. The maximum Gasteiger partial charge on any atom is 0.186 e. The maximum atomic E-state index is 11.3. The predicted molar refractivity (Wildman–Crippen MR) is 92.1 cm³/mol. The summed E-state index contributed by atoms with van der Waals surface area (Å²) in [5, 5.41) is 3.05. The minimum atomic E-state index is 0.330. The van der Waals surface area contributed by atoms with Crippen LogP contribution in [0.4, 0.5) is 5.13 Å². The van der Waals surface area contributed by atoms with Crippen LogP contribution >= 0.6 is 22.7 Å². The zero-order chi connectivity index (χ0) is 15.4. The molecule has 21 heavy (non-hydrogen) atoms. The largest absolute Gasteiger partial charge is 0.348 e. The van der Waals surface area contributed by atoms with Crippen molar-refractivity contribution in [2.24, 2.45) is 0 Å². The van der Waals surface area contributed by atoms with E-state index in [1.54, 1.807) is 11.3 Å². The monoisotopic (exact) mass is 322 g/mol. The van der Waals surface area contributed by atoms with Crippen molar-refractivity contribution in [3.8, 4) is 0 Å². The fourth-order valence-electron chi connectivity index (χ4n) is 2.16. The SMILES string of the molecule is CCC(C)c1nc(N(C)C(C)Cc2cccs2)sc1C=O. The third kappa shape index (κ3) is 3.71. The Morgan fingerprint density at radius 3 is 2.76 bits per heavy atom. The van der Waals surface area contributed by atoms with Gasteiger partial charge in [0.25, 0.3) is 0 Å². The summed E-state index contributed by atoms with van der Waals surface area (Å²) < 4.78 is 0. The Morgan fingerprint density at radius 1 is 1.43 bits per heavy atom. The van der Waals surface area contributed by atoms with E-state index in [2.05, 4.69) is 50.2 Å². The number of thiazole rings is 1. The molecule has 0 N–H and O–H groups in total. The van der Waals surface area contributed by atoms with Gasteiger partial charge in [0.1, 0.15) is 0 Å². The lowest BCUT2D eigenvalue weighted by molar-refractivity contribution is 0.112. The number of likely N-dealkylation sites (N-methyl/N-ethyl adjacent to an activating group) is 1. The van der Waals surface area contributed by atoms with E-state index in [1.807, 2.05) is 0 Å². The molecule has 2 unspecified atom stereocenters. The van der Waals surface area contributed by atoms with E-state index in [4.69, 9.17) is 4.98 Å². The van der Waals surface area contributed by atoms with Gasteiger partial charge in [-0.15, -0.1) is 11.3 Å². The van der Waals surface area contributed by atoms with Gasteiger partial charge in [-0.1, -0.05) is 31.3 Å². The van der Waals surface area contributed by atoms with Crippen molar-refractivity contribution in [2.45, 2.75) is 45.6 Å². The fraction of sp³-hybridized carbons (Fsp3) is 0.500. The molecule has 0 fully saturated rings. The molecule has 0 saturated carbocycles. The molecule has 3 nitrogen and oxygen atoms in total. The first kappa shape index (κ1) is 16.2. The van der Waals surface area contributed by atoms with Gasteiger partial charge in [0, 0.05) is 24.4 Å². The van der Waals surface area contributed by atoms with E-state index >= 15 is 0 Å². The lowest BCUT2D eigenvalue weighted by Gasteiger charge is -2.23. The summed E-state index contributed by atoms with van der Waals surface area (Å²) in [4.78, 5) is 20.3. The zero-order valence-corrected chi connectivity index (χ0v) is 14.6. The molecule has 0 aliphatic rings. The third-order valence-corrected chi connectivity index (χ3v) is 5.88. The highest BCUT2D eigenvalue weighted by molar-refractivity contribution is 7.17. The molecule has 2 rings (SSSR count). The Bertz CT molecular complexity index is 577. The van der Waals surface area contributed by atoms with Gasteiger partial charge in [-0.3, -0.25) is 4.79 Å². The molecule has 2 atom stereocenters. The molecule has 0 amide bonds. The second-order valence-electron chi connectivity index (χ2n) is 5.42. The smallest absolute Gasteiger partial charge is 0.186 e. The molecule has 0 saturated heterocycles. The average molecular weight is 322 g/mol. The van der Waals surface area contributed by atoms with Crippen molar-refractivity contribution in [2.75, 3.05) is 11.9 Å². The van der Waals surface area contributed by atoms with Crippen molar-refractivity contribution in [1.29, 1.82) is 0 Å². The van der Waals surface area contributed by atoms with E-state index in [-0.39, 0.29) is 0 Å². The molecule has 0 spiro atoms. The lowest BCUT2D eigenvalue weighted by atomic mass is 10.0. The summed E-state index contributed by atoms with van der Waals surface area (Å²) in [6.45, 7) is 6.45. The summed E-state index contributed by atoms with van der Waals surface area (Å²) in [5.41, 5.74) is 0.947.